The van der Waals surface area contributed by atoms with Crippen LogP contribution in [0.5, 0.6) is 0 Å². The van der Waals surface area contributed by atoms with E-state index in [4.69, 9.17) is 10.5 Å². The SMILES string of the molecule is CN(C)C1(CNC(=O)C2(CN)CCOCC2)CCCCCC1. The number of nitrogens with two attached hydrogens (primary N) is 1. The minimum atomic E-state index is -0.420. The summed E-state index contributed by atoms with van der Waals surface area (Å²) in [6.45, 7) is 2.44. The summed E-state index contributed by atoms with van der Waals surface area (Å²) in [4.78, 5) is 15.1. The van der Waals surface area contributed by atoms with Crippen molar-refractivity contribution in [2.75, 3.05) is 40.4 Å². The van der Waals surface area contributed by atoms with Crippen molar-refractivity contribution in [3.63, 3.8) is 0 Å². The van der Waals surface area contributed by atoms with Crippen LogP contribution in [-0.2, 0) is 9.53 Å². The smallest absolute Gasteiger partial charge is 0.227 e. The molecule has 2 fully saturated rings. The molecule has 5 heteroatoms. The van der Waals surface area contributed by atoms with Gasteiger partial charge < -0.3 is 20.7 Å². The van der Waals surface area contributed by atoms with Crippen molar-refractivity contribution < 1.29 is 9.53 Å². The fraction of sp³-hybridized carbons (Fsp3) is 0.941. The van der Waals surface area contributed by atoms with Gasteiger partial charge in [0.2, 0.25) is 5.91 Å². The Labute approximate surface area is 134 Å². The van der Waals surface area contributed by atoms with Gasteiger partial charge in [0.15, 0.2) is 0 Å². The zero-order valence-electron chi connectivity index (χ0n) is 14.3. The molecule has 0 spiro atoms. The number of amides is 1. The van der Waals surface area contributed by atoms with E-state index in [1.54, 1.807) is 0 Å². The highest BCUT2D eigenvalue weighted by atomic mass is 16.5. The third-order valence-corrected chi connectivity index (χ3v) is 5.88. The molecular weight excluding hydrogens is 278 g/mol. The molecule has 1 aliphatic heterocycles. The summed E-state index contributed by atoms with van der Waals surface area (Å²) in [6.07, 6.45) is 8.95. The van der Waals surface area contributed by atoms with E-state index in [0.717, 1.165) is 19.4 Å². The zero-order chi connectivity index (χ0) is 16.1. The molecule has 0 atom stereocenters. The number of hydrogen-bond donors (Lipinski definition) is 2. The van der Waals surface area contributed by atoms with Crippen LogP contribution in [-0.4, -0.2) is 56.7 Å². The highest BCUT2D eigenvalue weighted by Crippen LogP contribution is 2.32. The number of nitrogens with one attached hydrogen (secondary N) is 1. The summed E-state index contributed by atoms with van der Waals surface area (Å²) >= 11 is 0. The summed E-state index contributed by atoms with van der Waals surface area (Å²) in [5.74, 6) is 0.128. The number of nitrogens with zero attached hydrogens (tertiary/aromatic N) is 1. The molecule has 1 saturated carbocycles. The second-order valence-electron chi connectivity index (χ2n) is 7.31. The molecule has 1 saturated heterocycles. The molecule has 2 rings (SSSR count). The fourth-order valence-corrected chi connectivity index (χ4v) is 3.89. The van der Waals surface area contributed by atoms with E-state index < -0.39 is 5.41 Å². The largest absolute Gasteiger partial charge is 0.381 e. The topological polar surface area (TPSA) is 67.6 Å². The summed E-state index contributed by atoms with van der Waals surface area (Å²) in [5.41, 5.74) is 5.62. The van der Waals surface area contributed by atoms with Crippen molar-refractivity contribution in [2.45, 2.75) is 56.9 Å². The highest BCUT2D eigenvalue weighted by molar-refractivity contribution is 5.83. The van der Waals surface area contributed by atoms with Gasteiger partial charge in [0.05, 0.1) is 5.41 Å². The van der Waals surface area contributed by atoms with Gasteiger partial charge in [-0.3, -0.25) is 4.79 Å². The number of ether oxygens (including phenoxy) is 1. The lowest BCUT2D eigenvalue weighted by Crippen LogP contribution is -2.56. The Kier molecular flexibility index (Phi) is 6.24. The zero-order valence-corrected chi connectivity index (χ0v) is 14.3. The number of likely N-dealkylation sites (N-methyl/N-ethyl adjacent to an activating group) is 1. The van der Waals surface area contributed by atoms with E-state index in [2.05, 4.69) is 24.3 Å². The first kappa shape index (κ1) is 17.7. The van der Waals surface area contributed by atoms with Crippen LogP contribution < -0.4 is 11.1 Å². The molecule has 0 radical (unpaired) electrons. The minimum Gasteiger partial charge on any atom is -0.381 e. The maximum absolute atomic E-state index is 12.8. The Bertz CT molecular complexity index is 357. The normalized spacial score (nSPS) is 24.7. The Morgan fingerprint density at radius 2 is 1.68 bits per heavy atom. The van der Waals surface area contributed by atoms with Gasteiger partial charge in [-0.2, -0.15) is 0 Å². The lowest BCUT2D eigenvalue weighted by molar-refractivity contribution is -0.136. The fourth-order valence-electron chi connectivity index (χ4n) is 3.89. The first-order valence-electron chi connectivity index (χ1n) is 8.78. The number of carbonyl (C=O) groups excluding carboxylic acids is 1. The molecule has 1 amide bonds. The van der Waals surface area contributed by atoms with Crippen LogP contribution in [0.2, 0.25) is 0 Å². The molecule has 3 N–H and O–H groups in total. The molecule has 5 nitrogen and oxygen atoms in total. The average molecular weight is 311 g/mol. The van der Waals surface area contributed by atoms with Gasteiger partial charge in [0, 0.05) is 31.8 Å². The van der Waals surface area contributed by atoms with E-state index in [-0.39, 0.29) is 11.4 Å². The summed E-state index contributed by atoms with van der Waals surface area (Å²) in [7, 11) is 4.29. The Balaban J connectivity index is 2.00. The molecule has 1 heterocycles. The van der Waals surface area contributed by atoms with Crippen LogP contribution in [0.25, 0.3) is 0 Å². The van der Waals surface area contributed by atoms with Crippen molar-refractivity contribution in [3.05, 3.63) is 0 Å². The van der Waals surface area contributed by atoms with Gasteiger partial charge in [0.1, 0.15) is 0 Å². The predicted octanol–water partition coefficient (Wildman–Crippen LogP) is 1.51. The maximum Gasteiger partial charge on any atom is 0.227 e. The lowest BCUT2D eigenvalue weighted by Gasteiger charge is -2.41. The molecule has 2 aliphatic rings. The molecule has 0 aromatic rings. The van der Waals surface area contributed by atoms with E-state index >= 15 is 0 Å². The van der Waals surface area contributed by atoms with Gasteiger partial charge >= 0.3 is 0 Å². The Morgan fingerprint density at radius 1 is 1.09 bits per heavy atom. The van der Waals surface area contributed by atoms with Crippen molar-refractivity contribution >= 4 is 5.91 Å². The third kappa shape index (κ3) is 3.81. The van der Waals surface area contributed by atoms with E-state index in [1.165, 1.54) is 38.5 Å². The van der Waals surface area contributed by atoms with Gasteiger partial charge in [-0.1, -0.05) is 25.7 Å². The van der Waals surface area contributed by atoms with Crippen LogP contribution in [0.15, 0.2) is 0 Å². The number of rotatable bonds is 5. The van der Waals surface area contributed by atoms with Gasteiger partial charge in [-0.15, -0.1) is 0 Å². The van der Waals surface area contributed by atoms with Crippen molar-refractivity contribution in [1.82, 2.24) is 10.2 Å². The summed E-state index contributed by atoms with van der Waals surface area (Å²) < 4.78 is 5.40. The minimum absolute atomic E-state index is 0.104. The molecule has 128 valence electrons. The summed E-state index contributed by atoms with van der Waals surface area (Å²) in [5, 5.41) is 3.25. The molecule has 0 aromatic heterocycles. The number of carbonyl (C=O) groups is 1. The second kappa shape index (κ2) is 7.75. The maximum atomic E-state index is 12.8. The van der Waals surface area contributed by atoms with Gasteiger partial charge in [0.25, 0.3) is 0 Å². The Morgan fingerprint density at radius 3 is 2.18 bits per heavy atom. The van der Waals surface area contributed by atoms with Crippen molar-refractivity contribution in [3.8, 4) is 0 Å². The van der Waals surface area contributed by atoms with E-state index in [0.29, 0.717) is 19.8 Å². The predicted molar refractivity (Wildman–Crippen MR) is 88.7 cm³/mol. The van der Waals surface area contributed by atoms with Crippen LogP contribution in [0.1, 0.15) is 51.4 Å². The van der Waals surface area contributed by atoms with Crippen molar-refractivity contribution in [2.24, 2.45) is 11.1 Å². The van der Waals surface area contributed by atoms with Crippen molar-refractivity contribution in [1.29, 1.82) is 0 Å². The quantitative estimate of drug-likeness (QED) is 0.755. The molecule has 0 bridgehead atoms. The van der Waals surface area contributed by atoms with E-state index in [9.17, 15) is 4.79 Å². The molecule has 1 aliphatic carbocycles. The first-order chi connectivity index (χ1) is 10.5. The molecule has 22 heavy (non-hydrogen) atoms. The van der Waals surface area contributed by atoms with Crippen LogP contribution in [0.4, 0.5) is 0 Å². The standard InChI is InChI=1S/C17H33N3O2/c1-20(2)17(7-5-3-4-6-8-17)14-19-15(21)16(13-18)9-11-22-12-10-16/h3-14,18H2,1-2H3,(H,19,21). The van der Waals surface area contributed by atoms with Crippen LogP contribution in [0.3, 0.4) is 0 Å². The average Bonchev–Trinajstić information content (AvgIpc) is 2.80. The van der Waals surface area contributed by atoms with Gasteiger partial charge in [-0.05, 0) is 39.8 Å². The number of hydrogen-bond acceptors (Lipinski definition) is 4. The monoisotopic (exact) mass is 311 g/mol. The first-order valence-corrected chi connectivity index (χ1v) is 8.78. The highest BCUT2D eigenvalue weighted by Gasteiger charge is 2.40. The molecule has 0 aromatic carbocycles. The van der Waals surface area contributed by atoms with Crippen LogP contribution >= 0.6 is 0 Å². The van der Waals surface area contributed by atoms with E-state index in [1.807, 2.05) is 0 Å². The lowest BCUT2D eigenvalue weighted by atomic mass is 9.79. The summed E-state index contributed by atoms with van der Waals surface area (Å²) in [6, 6.07) is 0. The molecular formula is C17H33N3O2. The third-order valence-electron chi connectivity index (χ3n) is 5.88. The van der Waals surface area contributed by atoms with Crippen LogP contribution in [0, 0.1) is 5.41 Å². The Hall–Kier alpha value is -0.650. The second-order valence-corrected chi connectivity index (χ2v) is 7.31. The van der Waals surface area contributed by atoms with Gasteiger partial charge in [-0.25, -0.2) is 0 Å². The molecule has 0 unspecified atom stereocenters.